The molecule has 0 radical (unpaired) electrons. The van der Waals surface area contributed by atoms with Crippen LogP contribution in [0.1, 0.15) is 22.0 Å². The molecule has 4 rings (SSSR count). The van der Waals surface area contributed by atoms with Crippen molar-refractivity contribution in [3.05, 3.63) is 23.3 Å². The van der Waals surface area contributed by atoms with Gasteiger partial charge < -0.3 is 39.4 Å². The number of ether oxygens (including phenoxy) is 4. The van der Waals surface area contributed by atoms with Crippen molar-refractivity contribution >= 4 is 5.97 Å². The number of hydrogen-bond donors (Lipinski definition) is 4. The fourth-order valence-corrected chi connectivity index (χ4v) is 3.04. The van der Waals surface area contributed by atoms with E-state index < -0.39 is 42.8 Å². The van der Waals surface area contributed by atoms with E-state index in [-0.39, 0.29) is 12.4 Å². The van der Waals surface area contributed by atoms with Crippen LogP contribution in [0.15, 0.2) is 12.1 Å². The van der Waals surface area contributed by atoms with Crippen molar-refractivity contribution in [2.24, 2.45) is 0 Å². The third kappa shape index (κ3) is 1.95. The van der Waals surface area contributed by atoms with Gasteiger partial charge in [0.25, 0.3) is 0 Å². The third-order valence-corrected chi connectivity index (χ3v) is 4.29. The smallest absolute Gasteiger partial charge is 0.339 e. The summed E-state index contributed by atoms with van der Waals surface area (Å²) in [6.45, 7) is -0.938. The SMILES string of the molecule is O=C1O[C@H]2[C@H](O)[C@@H](O)[C@](O)(CO)O[C@@H]2c2cc3c(cc21)OCO3. The minimum absolute atomic E-state index is 0.00411. The monoisotopic (exact) mass is 326 g/mol. The lowest BCUT2D eigenvalue weighted by molar-refractivity contribution is -0.358. The highest BCUT2D eigenvalue weighted by Crippen LogP contribution is 2.46. The van der Waals surface area contributed by atoms with Crippen LogP contribution in [-0.2, 0) is 9.47 Å². The molecule has 1 fully saturated rings. The van der Waals surface area contributed by atoms with Crippen molar-refractivity contribution < 1.29 is 44.2 Å². The fourth-order valence-electron chi connectivity index (χ4n) is 3.04. The first-order valence-corrected chi connectivity index (χ1v) is 6.96. The Hall–Kier alpha value is -1.91. The summed E-state index contributed by atoms with van der Waals surface area (Å²) < 4.78 is 21.0. The number of aliphatic hydroxyl groups is 4. The van der Waals surface area contributed by atoms with E-state index in [9.17, 15) is 25.2 Å². The molecular weight excluding hydrogens is 312 g/mol. The Labute approximate surface area is 129 Å². The summed E-state index contributed by atoms with van der Waals surface area (Å²) >= 11 is 0. The van der Waals surface area contributed by atoms with Crippen LogP contribution < -0.4 is 9.47 Å². The number of fused-ring (bicyclic) bond motifs is 4. The Kier molecular flexibility index (Phi) is 3.06. The van der Waals surface area contributed by atoms with E-state index in [2.05, 4.69) is 0 Å². The van der Waals surface area contributed by atoms with Gasteiger partial charge >= 0.3 is 5.97 Å². The van der Waals surface area contributed by atoms with Gasteiger partial charge in [0.2, 0.25) is 12.6 Å². The first-order valence-electron chi connectivity index (χ1n) is 6.96. The molecule has 0 aromatic heterocycles. The average molecular weight is 326 g/mol. The van der Waals surface area contributed by atoms with Gasteiger partial charge in [0.1, 0.15) is 18.3 Å². The number of benzene rings is 1. The molecular formula is C14H14O9. The minimum Gasteiger partial charge on any atom is -0.454 e. The van der Waals surface area contributed by atoms with Crippen LogP contribution in [0.3, 0.4) is 0 Å². The van der Waals surface area contributed by atoms with Gasteiger partial charge in [-0.05, 0) is 12.1 Å². The highest BCUT2D eigenvalue weighted by Gasteiger charge is 2.57. The standard InChI is InChI=1S/C14H14O9/c15-3-14(19)12(17)9(16)11-10(23-14)5-1-7-8(21-4-20-7)2-6(5)13(18)22-11/h1-2,9-12,15-17,19H,3-4H2/t9-,10+,11-,12+,14-/m0/s1. The van der Waals surface area contributed by atoms with Crippen LogP contribution >= 0.6 is 0 Å². The van der Waals surface area contributed by atoms with Gasteiger partial charge in [0.15, 0.2) is 17.6 Å². The highest BCUT2D eigenvalue weighted by molar-refractivity contribution is 5.93. The summed E-state index contributed by atoms with van der Waals surface area (Å²) in [4.78, 5) is 12.1. The van der Waals surface area contributed by atoms with Gasteiger partial charge in [0, 0.05) is 5.56 Å². The van der Waals surface area contributed by atoms with Gasteiger partial charge in [-0.3, -0.25) is 0 Å². The zero-order valence-corrected chi connectivity index (χ0v) is 11.7. The van der Waals surface area contributed by atoms with Crippen molar-refractivity contribution in [3.63, 3.8) is 0 Å². The molecule has 0 saturated carbocycles. The molecule has 3 aliphatic rings. The second kappa shape index (κ2) is 4.79. The molecule has 124 valence electrons. The Morgan fingerprint density at radius 1 is 1.22 bits per heavy atom. The summed E-state index contributed by atoms with van der Waals surface area (Å²) in [6, 6.07) is 2.92. The molecule has 9 heteroatoms. The van der Waals surface area contributed by atoms with E-state index in [1.807, 2.05) is 0 Å². The normalized spacial score (nSPS) is 37.8. The Morgan fingerprint density at radius 3 is 2.61 bits per heavy atom. The van der Waals surface area contributed by atoms with Crippen molar-refractivity contribution in [1.29, 1.82) is 0 Å². The lowest BCUT2D eigenvalue weighted by Crippen LogP contribution is -2.65. The molecule has 1 aromatic rings. The first-order chi connectivity index (χ1) is 10.9. The molecule has 4 N–H and O–H groups in total. The van der Waals surface area contributed by atoms with E-state index in [0.29, 0.717) is 17.1 Å². The molecule has 3 aliphatic heterocycles. The van der Waals surface area contributed by atoms with E-state index in [1.54, 1.807) is 0 Å². The molecule has 9 nitrogen and oxygen atoms in total. The average Bonchev–Trinajstić information content (AvgIpc) is 3.00. The highest BCUT2D eigenvalue weighted by atomic mass is 16.7. The van der Waals surface area contributed by atoms with Gasteiger partial charge in [0.05, 0.1) is 12.2 Å². The molecule has 23 heavy (non-hydrogen) atoms. The predicted octanol–water partition coefficient (Wildman–Crippen LogP) is -1.57. The van der Waals surface area contributed by atoms with E-state index in [0.717, 1.165) is 0 Å². The fraction of sp³-hybridized carbons (Fsp3) is 0.500. The van der Waals surface area contributed by atoms with E-state index in [1.165, 1.54) is 12.1 Å². The summed E-state index contributed by atoms with van der Waals surface area (Å²) in [7, 11) is 0. The zero-order valence-electron chi connectivity index (χ0n) is 11.7. The summed E-state index contributed by atoms with van der Waals surface area (Å²) in [5, 5.41) is 39.5. The molecule has 0 amide bonds. The first kappa shape index (κ1) is 14.7. The maximum atomic E-state index is 12.1. The van der Waals surface area contributed by atoms with Crippen molar-refractivity contribution in [2.75, 3.05) is 13.4 Å². The molecule has 1 saturated heterocycles. The largest absolute Gasteiger partial charge is 0.454 e. The minimum atomic E-state index is -2.38. The van der Waals surface area contributed by atoms with E-state index >= 15 is 0 Å². The summed E-state index contributed by atoms with van der Waals surface area (Å²) in [5.41, 5.74) is 0.452. The van der Waals surface area contributed by atoms with Crippen molar-refractivity contribution in [1.82, 2.24) is 0 Å². The quantitative estimate of drug-likeness (QED) is 0.451. The van der Waals surface area contributed by atoms with E-state index in [4.69, 9.17) is 18.9 Å². The molecule has 0 aliphatic carbocycles. The predicted molar refractivity (Wildman–Crippen MR) is 69.6 cm³/mol. The molecule has 0 bridgehead atoms. The summed E-state index contributed by atoms with van der Waals surface area (Å²) in [5.74, 6) is -2.34. The number of hydrogen-bond acceptors (Lipinski definition) is 9. The molecule has 5 atom stereocenters. The van der Waals surface area contributed by atoms with Crippen molar-refractivity contribution in [2.45, 2.75) is 30.2 Å². The van der Waals surface area contributed by atoms with Gasteiger partial charge in [-0.25, -0.2) is 4.79 Å². The van der Waals surface area contributed by atoms with Crippen LogP contribution in [0.2, 0.25) is 0 Å². The summed E-state index contributed by atoms with van der Waals surface area (Å²) in [6.07, 6.45) is -5.77. The van der Waals surface area contributed by atoms with Crippen LogP contribution in [0.25, 0.3) is 0 Å². The number of rotatable bonds is 1. The lowest BCUT2D eigenvalue weighted by atomic mass is 9.85. The van der Waals surface area contributed by atoms with Gasteiger partial charge in [-0.2, -0.15) is 0 Å². The number of carbonyl (C=O) groups is 1. The van der Waals surface area contributed by atoms with Crippen LogP contribution in [-0.4, -0.2) is 63.9 Å². The topological polar surface area (TPSA) is 135 Å². The maximum absolute atomic E-state index is 12.1. The molecule has 3 heterocycles. The number of esters is 1. The lowest BCUT2D eigenvalue weighted by Gasteiger charge is -2.48. The second-order valence-electron chi connectivity index (χ2n) is 5.64. The molecule has 0 spiro atoms. The van der Waals surface area contributed by atoms with Crippen LogP contribution in [0, 0.1) is 0 Å². The number of aliphatic hydroxyl groups excluding tert-OH is 3. The van der Waals surface area contributed by atoms with Gasteiger partial charge in [-0.15, -0.1) is 0 Å². The Morgan fingerprint density at radius 2 is 1.91 bits per heavy atom. The third-order valence-electron chi connectivity index (χ3n) is 4.29. The van der Waals surface area contributed by atoms with Crippen LogP contribution in [0.5, 0.6) is 11.5 Å². The Bertz CT molecular complexity index is 674. The maximum Gasteiger partial charge on any atom is 0.339 e. The number of carbonyl (C=O) groups excluding carboxylic acids is 1. The van der Waals surface area contributed by atoms with Gasteiger partial charge in [-0.1, -0.05) is 0 Å². The molecule has 0 unspecified atom stereocenters. The Balaban J connectivity index is 1.82. The van der Waals surface area contributed by atoms with Crippen molar-refractivity contribution in [3.8, 4) is 11.5 Å². The molecule has 1 aromatic carbocycles. The van der Waals surface area contributed by atoms with Crippen LogP contribution in [0.4, 0.5) is 0 Å². The zero-order chi connectivity index (χ0) is 16.4. The second-order valence-corrected chi connectivity index (χ2v) is 5.64.